The molecule has 1 amide bonds. The first-order chi connectivity index (χ1) is 8.12. The average Bonchev–Trinajstić information content (AvgIpc) is 3.09. The fraction of sp³-hybridized carbons (Fsp3) is 0.500. The van der Waals surface area contributed by atoms with E-state index < -0.39 is 0 Å². The highest BCUT2D eigenvalue weighted by atomic mass is 16.6. The smallest absolute Gasteiger partial charge is 0.410 e. The van der Waals surface area contributed by atoms with Crippen molar-refractivity contribution in [1.82, 2.24) is 5.32 Å². The van der Waals surface area contributed by atoms with Crippen LogP contribution in [0.1, 0.15) is 26.7 Å². The van der Waals surface area contributed by atoms with Crippen LogP contribution < -0.4 is 10.1 Å². The van der Waals surface area contributed by atoms with Crippen LogP contribution in [0.4, 0.5) is 4.79 Å². The number of carbonyl (C=O) groups excluding carboxylic acids is 1. The summed E-state index contributed by atoms with van der Waals surface area (Å²) in [5.41, 5.74) is 0.315. The van der Waals surface area contributed by atoms with Crippen LogP contribution in [0.2, 0.25) is 0 Å². The Balaban J connectivity index is 1.79. The van der Waals surface area contributed by atoms with E-state index in [1.54, 1.807) is 12.1 Å². The summed E-state index contributed by atoms with van der Waals surface area (Å²) in [7, 11) is 0. The lowest BCUT2D eigenvalue weighted by molar-refractivity contribution is 0.195. The molecule has 17 heavy (non-hydrogen) atoms. The molecule has 3 heteroatoms. The van der Waals surface area contributed by atoms with Gasteiger partial charge >= 0.3 is 6.09 Å². The normalized spacial score (nSPS) is 16.6. The second-order valence-electron chi connectivity index (χ2n) is 5.07. The zero-order chi connectivity index (χ0) is 12.3. The van der Waals surface area contributed by atoms with Gasteiger partial charge in [0.2, 0.25) is 0 Å². The van der Waals surface area contributed by atoms with Crippen LogP contribution in [-0.2, 0) is 0 Å². The molecule has 0 saturated heterocycles. The van der Waals surface area contributed by atoms with Gasteiger partial charge in [-0.15, -0.1) is 0 Å². The Hall–Kier alpha value is -1.51. The average molecular weight is 233 g/mol. The predicted molar refractivity (Wildman–Crippen MR) is 67.0 cm³/mol. The van der Waals surface area contributed by atoms with E-state index in [1.165, 1.54) is 12.8 Å². The predicted octanol–water partition coefficient (Wildman–Crippen LogP) is 3.21. The molecule has 1 aromatic rings. The van der Waals surface area contributed by atoms with Crippen molar-refractivity contribution in [2.75, 3.05) is 6.54 Å². The molecule has 0 aromatic heterocycles. The van der Waals surface area contributed by atoms with Gasteiger partial charge in [-0.2, -0.15) is 0 Å². The number of nitrogens with one attached hydrogen (secondary N) is 1. The second kappa shape index (κ2) is 4.78. The van der Waals surface area contributed by atoms with Gasteiger partial charge in [-0.1, -0.05) is 32.0 Å². The van der Waals surface area contributed by atoms with E-state index in [0.29, 0.717) is 17.1 Å². The van der Waals surface area contributed by atoms with Crippen LogP contribution in [-0.4, -0.2) is 12.6 Å². The summed E-state index contributed by atoms with van der Waals surface area (Å²) in [5, 5.41) is 2.85. The third-order valence-corrected chi connectivity index (χ3v) is 3.66. The molecule has 0 atom stereocenters. The topological polar surface area (TPSA) is 38.3 Å². The maximum absolute atomic E-state index is 11.6. The lowest BCUT2D eigenvalue weighted by Gasteiger charge is -2.19. The maximum Gasteiger partial charge on any atom is 0.412 e. The molecule has 1 aliphatic rings. The summed E-state index contributed by atoms with van der Waals surface area (Å²) in [6.07, 6.45) is 2.05. The first kappa shape index (κ1) is 12.0. The minimum Gasteiger partial charge on any atom is -0.410 e. The van der Waals surface area contributed by atoms with Crippen molar-refractivity contribution >= 4 is 6.09 Å². The van der Waals surface area contributed by atoms with Crippen LogP contribution in [0.25, 0.3) is 0 Å². The van der Waals surface area contributed by atoms with Crippen LogP contribution in [0.15, 0.2) is 30.3 Å². The number of para-hydroxylation sites is 1. The summed E-state index contributed by atoms with van der Waals surface area (Å²) >= 11 is 0. The van der Waals surface area contributed by atoms with Gasteiger partial charge in [0.05, 0.1) is 0 Å². The van der Waals surface area contributed by atoms with Gasteiger partial charge in [0.1, 0.15) is 5.75 Å². The fourth-order valence-electron chi connectivity index (χ4n) is 2.00. The van der Waals surface area contributed by atoms with Crippen molar-refractivity contribution in [2.24, 2.45) is 11.3 Å². The summed E-state index contributed by atoms with van der Waals surface area (Å²) in [6.45, 7) is 5.13. The van der Waals surface area contributed by atoms with Crippen molar-refractivity contribution in [2.45, 2.75) is 26.7 Å². The van der Waals surface area contributed by atoms with Crippen molar-refractivity contribution in [3.8, 4) is 5.75 Å². The van der Waals surface area contributed by atoms with Gasteiger partial charge < -0.3 is 10.1 Å². The van der Waals surface area contributed by atoms with E-state index in [2.05, 4.69) is 19.2 Å². The zero-order valence-electron chi connectivity index (χ0n) is 10.4. The Kier molecular flexibility index (Phi) is 3.36. The number of hydrogen-bond donors (Lipinski definition) is 1. The van der Waals surface area contributed by atoms with Gasteiger partial charge in [-0.3, -0.25) is 0 Å². The molecule has 1 N–H and O–H groups in total. The number of benzene rings is 1. The molecule has 1 aliphatic carbocycles. The molecule has 92 valence electrons. The van der Waals surface area contributed by atoms with Crippen LogP contribution >= 0.6 is 0 Å². The number of ether oxygens (including phenoxy) is 1. The molecule has 0 bridgehead atoms. The van der Waals surface area contributed by atoms with Crippen LogP contribution in [0.5, 0.6) is 5.75 Å². The van der Waals surface area contributed by atoms with Gasteiger partial charge in [-0.05, 0) is 36.3 Å². The SMILES string of the molecule is CC(C)C1(CNC(=O)Oc2ccccc2)CC1. The number of hydrogen-bond acceptors (Lipinski definition) is 2. The highest BCUT2D eigenvalue weighted by Crippen LogP contribution is 2.51. The number of rotatable bonds is 4. The van der Waals surface area contributed by atoms with Crippen molar-refractivity contribution in [1.29, 1.82) is 0 Å². The Bertz CT molecular complexity index is 382. The first-order valence-corrected chi connectivity index (χ1v) is 6.13. The Morgan fingerprint density at radius 2 is 2.00 bits per heavy atom. The highest BCUT2D eigenvalue weighted by molar-refractivity contribution is 5.70. The zero-order valence-corrected chi connectivity index (χ0v) is 10.4. The van der Waals surface area contributed by atoms with E-state index >= 15 is 0 Å². The van der Waals surface area contributed by atoms with E-state index in [1.807, 2.05) is 18.2 Å². The lowest BCUT2D eigenvalue weighted by atomic mass is 9.92. The summed E-state index contributed by atoms with van der Waals surface area (Å²) < 4.78 is 5.17. The van der Waals surface area contributed by atoms with Gasteiger partial charge in [-0.25, -0.2) is 4.79 Å². The lowest BCUT2D eigenvalue weighted by Crippen LogP contribution is -2.34. The minimum atomic E-state index is -0.358. The van der Waals surface area contributed by atoms with Crippen molar-refractivity contribution < 1.29 is 9.53 Å². The molecule has 0 radical (unpaired) electrons. The van der Waals surface area contributed by atoms with E-state index in [9.17, 15) is 4.79 Å². The van der Waals surface area contributed by atoms with E-state index in [-0.39, 0.29) is 6.09 Å². The molecule has 0 aliphatic heterocycles. The van der Waals surface area contributed by atoms with E-state index in [0.717, 1.165) is 6.54 Å². The first-order valence-electron chi connectivity index (χ1n) is 6.13. The monoisotopic (exact) mass is 233 g/mol. The van der Waals surface area contributed by atoms with Gasteiger partial charge in [0.25, 0.3) is 0 Å². The Labute approximate surface area is 102 Å². The summed E-state index contributed by atoms with van der Waals surface area (Å²) in [4.78, 5) is 11.6. The quantitative estimate of drug-likeness (QED) is 0.867. The number of carbonyl (C=O) groups is 1. The van der Waals surface area contributed by atoms with Crippen LogP contribution in [0, 0.1) is 11.3 Å². The summed E-state index contributed by atoms with van der Waals surface area (Å²) in [6, 6.07) is 9.13. The molecule has 3 nitrogen and oxygen atoms in total. The van der Waals surface area contributed by atoms with Crippen LogP contribution in [0.3, 0.4) is 0 Å². The number of amides is 1. The molecule has 1 fully saturated rings. The summed E-state index contributed by atoms with van der Waals surface area (Å²) in [5.74, 6) is 1.19. The maximum atomic E-state index is 11.6. The second-order valence-corrected chi connectivity index (χ2v) is 5.07. The fourth-order valence-corrected chi connectivity index (χ4v) is 2.00. The van der Waals surface area contributed by atoms with Crippen molar-refractivity contribution in [3.63, 3.8) is 0 Å². The molecular formula is C14H19NO2. The third kappa shape index (κ3) is 2.99. The molecule has 0 heterocycles. The van der Waals surface area contributed by atoms with Gasteiger partial charge in [0, 0.05) is 6.54 Å². The van der Waals surface area contributed by atoms with Gasteiger partial charge in [0.15, 0.2) is 0 Å². The third-order valence-electron chi connectivity index (χ3n) is 3.66. The van der Waals surface area contributed by atoms with Crippen molar-refractivity contribution in [3.05, 3.63) is 30.3 Å². The minimum absolute atomic E-state index is 0.315. The molecular weight excluding hydrogens is 214 g/mol. The molecule has 0 unspecified atom stereocenters. The molecule has 1 aromatic carbocycles. The van der Waals surface area contributed by atoms with E-state index in [4.69, 9.17) is 4.74 Å². The standard InChI is InChI=1S/C14H19NO2/c1-11(2)14(8-9-14)10-15-13(16)17-12-6-4-3-5-7-12/h3-7,11H,8-10H2,1-2H3,(H,15,16). The molecule has 1 saturated carbocycles. The molecule has 0 spiro atoms. The Morgan fingerprint density at radius 3 is 2.53 bits per heavy atom. The Morgan fingerprint density at radius 1 is 1.35 bits per heavy atom. The molecule has 2 rings (SSSR count). The highest BCUT2D eigenvalue weighted by Gasteiger charge is 2.45. The largest absolute Gasteiger partial charge is 0.412 e.